The number of ether oxygens (including phenoxy) is 1. The summed E-state index contributed by atoms with van der Waals surface area (Å²) in [6.07, 6.45) is 0. The van der Waals surface area contributed by atoms with Crippen LogP contribution >= 0.6 is 0 Å². The molecular formula is C13H12F2N2O3. The number of carbonyl (C=O) groups excluding carboxylic acids is 1. The number of benzene rings is 1. The van der Waals surface area contributed by atoms with E-state index in [1.807, 2.05) is 0 Å². The SMILES string of the molecule is CCOC(=O)c1cc(=O)n(Cc2c(F)cccc2F)[nH]1. The first-order valence-corrected chi connectivity index (χ1v) is 5.92. The molecule has 0 radical (unpaired) electrons. The van der Waals surface area contributed by atoms with Crippen LogP contribution in [0.2, 0.25) is 0 Å². The highest BCUT2D eigenvalue weighted by Crippen LogP contribution is 2.12. The number of halogens is 2. The third-order valence-electron chi connectivity index (χ3n) is 2.66. The van der Waals surface area contributed by atoms with E-state index in [2.05, 4.69) is 5.10 Å². The molecule has 2 aromatic rings. The van der Waals surface area contributed by atoms with Crippen LogP contribution in [0.4, 0.5) is 8.78 Å². The summed E-state index contributed by atoms with van der Waals surface area (Å²) in [6.45, 7) is 1.45. The Labute approximate surface area is 112 Å². The molecule has 2 rings (SSSR count). The number of rotatable bonds is 4. The molecule has 1 aromatic carbocycles. The fourth-order valence-electron chi connectivity index (χ4n) is 1.71. The predicted molar refractivity (Wildman–Crippen MR) is 66.5 cm³/mol. The van der Waals surface area contributed by atoms with Gasteiger partial charge in [0.1, 0.15) is 17.3 Å². The molecule has 0 bridgehead atoms. The summed E-state index contributed by atoms with van der Waals surface area (Å²) >= 11 is 0. The average Bonchev–Trinajstić information content (AvgIpc) is 2.76. The second-order valence-corrected chi connectivity index (χ2v) is 4.01. The molecule has 5 nitrogen and oxygen atoms in total. The highest BCUT2D eigenvalue weighted by atomic mass is 19.1. The van der Waals surface area contributed by atoms with Crippen LogP contribution in [0.5, 0.6) is 0 Å². The van der Waals surface area contributed by atoms with Crippen molar-refractivity contribution >= 4 is 5.97 Å². The van der Waals surface area contributed by atoms with E-state index in [1.165, 1.54) is 6.07 Å². The van der Waals surface area contributed by atoms with Gasteiger partial charge in [0.15, 0.2) is 0 Å². The van der Waals surface area contributed by atoms with E-state index in [0.29, 0.717) is 0 Å². The first-order chi connectivity index (χ1) is 9.52. The third-order valence-corrected chi connectivity index (χ3v) is 2.66. The molecule has 1 N–H and O–H groups in total. The van der Waals surface area contributed by atoms with Gasteiger partial charge in [-0.3, -0.25) is 9.89 Å². The molecule has 7 heteroatoms. The summed E-state index contributed by atoms with van der Waals surface area (Å²) < 4.78 is 32.6. The zero-order chi connectivity index (χ0) is 14.7. The Hall–Kier alpha value is -2.44. The second-order valence-electron chi connectivity index (χ2n) is 4.01. The van der Waals surface area contributed by atoms with Gasteiger partial charge in [-0.05, 0) is 19.1 Å². The molecule has 106 valence electrons. The zero-order valence-corrected chi connectivity index (χ0v) is 10.7. The van der Waals surface area contributed by atoms with Gasteiger partial charge >= 0.3 is 5.97 Å². The number of aromatic nitrogens is 2. The van der Waals surface area contributed by atoms with Crippen molar-refractivity contribution in [3.8, 4) is 0 Å². The van der Waals surface area contributed by atoms with E-state index in [1.54, 1.807) is 6.92 Å². The Bertz CT molecular complexity index is 671. The van der Waals surface area contributed by atoms with Crippen LogP contribution in [0.3, 0.4) is 0 Å². The molecule has 1 heterocycles. The van der Waals surface area contributed by atoms with Gasteiger partial charge in [0.05, 0.1) is 13.2 Å². The lowest BCUT2D eigenvalue weighted by Gasteiger charge is -2.05. The van der Waals surface area contributed by atoms with E-state index >= 15 is 0 Å². The second kappa shape index (κ2) is 5.68. The van der Waals surface area contributed by atoms with Crippen LogP contribution in [-0.2, 0) is 11.3 Å². The van der Waals surface area contributed by atoms with Crippen LogP contribution in [-0.4, -0.2) is 22.4 Å². The van der Waals surface area contributed by atoms with Gasteiger partial charge in [-0.25, -0.2) is 18.3 Å². The van der Waals surface area contributed by atoms with E-state index in [-0.39, 0.29) is 24.4 Å². The normalized spacial score (nSPS) is 10.6. The van der Waals surface area contributed by atoms with Crippen LogP contribution in [0, 0.1) is 11.6 Å². The number of aromatic amines is 1. The molecule has 0 aliphatic heterocycles. The van der Waals surface area contributed by atoms with E-state index in [0.717, 1.165) is 22.9 Å². The van der Waals surface area contributed by atoms with Crippen LogP contribution in [0.25, 0.3) is 0 Å². The first kappa shape index (κ1) is 14.0. The Kier molecular flexibility index (Phi) is 3.97. The summed E-state index contributed by atoms with van der Waals surface area (Å²) in [5.74, 6) is -2.22. The topological polar surface area (TPSA) is 64.1 Å². The van der Waals surface area contributed by atoms with Crippen molar-refractivity contribution in [1.29, 1.82) is 0 Å². The predicted octanol–water partition coefficient (Wildman–Crippen LogP) is 1.68. The molecular weight excluding hydrogens is 270 g/mol. The fraction of sp³-hybridized carbons (Fsp3) is 0.231. The summed E-state index contributed by atoms with van der Waals surface area (Å²) in [5.41, 5.74) is -0.892. The number of nitrogens with zero attached hydrogens (tertiary/aromatic N) is 1. The first-order valence-electron chi connectivity index (χ1n) is 5.92. The molecule has 0 unspecified atom stereocenters. The molecule has 0 atom stereocenters. The van der Waals surface area contributed by atoms with Crippen molar-refractivity contribution < 1.29 is 18.3 Å². The van der Waals surface area contributed by atoms with Gasteiger partial charge in [0.2, 0.25) is 0 Å². The highest BCUT2D eigenvalue weighted by molar-refractivity contribution is 5.86. The van der Waals surface area contributed by atoms with Gasteiger partial charge in [0.25, 0.3) is 5.56 Å². The van der Waals surface area contributed by atoms with Gasteiger partial charge in [-0.1, -0.05) is 6.07 Å². The number of carbonyl (C=O) groups is 1. The number of hydrogen-bond acceptors (Lipinski definition) is 3. The molecule has 0 saturated heterocycles. The summed E-state index contributed by atoms with van der Waals surface area (Å²) in [7, 11) is 0. The van der Waals surface area contributed by atoms with E-state index in [9.17, 15) is 18.4 Å². The lowest BCUT2D eigenvalue weighted by molar-refractivity contribution is 0.0518. The van der Waals surface area contributed by atoms with Crippen molar-refractivity contribution in [3.63, 3.8) is 0 Å². The summed E-state index contributed by atoms with van der Waals surface area (Å²) in [6, 6.07) is 4.45. The monoisotopic (exact) mass is 282 g/mol. The Morgan fingerprint density at radius 3 is 2.60 bits per heavy atom. The third kappa shape index (κ3) is 2.76. The van der Waals surface area contributed by atoms with E-state index in [4.69, 9.17) is 4.74 Å². The standard InChI is InChI=1S/C13H12F2N2O3/c1-2-20-13(19)11-6-12(18)17(16-11)7-8-9(14)4-3-5-10(8)15/h3-6,16H,2,7H2,1H3. The van der Waals surface area contributed by atoms with Crippen LogP contribution in [0.1, 0.15) is 23.0 Å². The van der Waals surface area contributed by atoms with Gasteiger partial charge < -0.3 is 4.74 Å². The van der Waals surface area contributed by atoms with Crippen molar-refractivity contribution in [2.75, 3.05) is 6.61 Å². The maximum absolute atomic E-state index is 13.5. The minimum atomic E-state index is -0.760. The highest BCUT2D eigenvalue weighted by Gasteiger charge is 2.15. The lowest BCUT2D eigenvalue weighted by atomic mass is 10.2. The Morgan fingerprint density at radius 2 is 2.00 bits per heavy atom. The quantitative estimate of drug-likeness (QED) is 0.868. The van der Waals surface area contributed by atoms with Crippen molar-refractivity contribution in [2.24, 2.45) is 0 Å². The Morgan fingerprint density at radius 1 is 1.35 bits per heavy atom. The van der Waals surface area contributed by atoms with Gasteiger partial charge in [0, 0.05) is 11.6 Å². The van der Waals surface area contributed by atoms with Crippen molar-refractivity contribution in [1.82, 2.24) is 9.78 Å². The van der Waals surface area contributed by atoms with Gasteiger partial charge in [-0.2, -0.15) is 0 Å². The maximum Gasteiger partial charge on any atom is 0.356 e. The largest absolute Gasteiger partial charge is 0.461 e. The number of hydrogen-bond donors (Lipinski definition) is 1. The molecule has 0 amide bonds. The van der Waals surface area contributed by atoms with Crippen LogP contribution < -0.4 is 5.56 Å². The molecule has 0 spiro atoms. The molecule has 1 aromatic heterocycles. The number of H-pyrrole nitrogens is 1. The zero-order valence-electron chi connectivity index (χ0n) is 10.7. The maximum atomic E-state index is 13.5. The molecule has 0 fully saturated rings. The molecule has 0 saturated carbocycles. The molecule has 0 aliphatic carbocycles. The smallest absolute Gasteiger partial charge is 0.356 e. The van der Waals surface area contributed by atoms with Crippen LogP contribution in [0.15, 0.2) is 29.1 Å². The van der Waals surface area contributed by atoms with Crippen molar-refractivity contribution in [2.45, 2.75) is 13.5 Å². The molecule has 20 heavy (non-hydrogen) atoms. The molecule has 0 aliphatic rings. The van der Waals surface area contributed by atoms with Crippen molar-refractivity contribution in [3.05, 3.63) is 57.5 Å². The number of nitrogens with one attached hydrogen (secondary N) is 1. The lowest BCUT2D eigenvalue weighted by Crippen LogP contribution is -2.18. The summed E-state index contributed by atoms with van der Waals surface area (Å²) in [5, 5.41) is 2.47. The Balaban J connectivity index is 2.31. The fourth-order valence-corrected chi connectivity index (χ4v) is 1.71. The summed E-state index contributed by atoms with van der Waals surface area (Å²) in [4.78, 5) is 23.1. The minimum Gasteiger partial charge on any atom is -0.461 e. The van der Waals surface area contributed by atoms with E-state index < -0.39 is 23.2 Å². The minimum absolute atomic E-state index is 0.0615. The number of esters is 1. The van der Waals surface area contributed by atoms with Gasteiger partial charge in [-0.15, -0.1) is 0 Å². The average molecular weight is 282 g/mol.